The zero-order chi connectivity index (χ0) is 6.15. The first-order valence-electron chi connectivity index (χ1n) is 2.82. The van der Waals surface area contributed by atoms with Gasteiger partial charge in [0.2, 0.25) is 0 Å². The minimum absolute atomic E-state index is 0. The average Bonchev–Trinajstić information content (AvgIpc) is 1.98. The maximum Gasteiger partial charge on any atom is 1.00 e. The quantitative estimate of drug-likeness (QED) is 0.258. The van der Waals surface area contributed by atoms with Crippen LogP contribution in [0.5, 0.6) is 0 Å². The van der Waals surface area contributed by atoms with Crippen molar-refractivity contribution in [2.45, 2.75) is 13.3 Å². The first-order chi connectivity index (χ1) is 3.72. The molecule has 0 aromatic heterocycles. The van der Waals surface area contributed by atoms with E-state index in [0.29, 0.717) is 0 Å². The minimum Gasteiger partial charge on any atom is -0.495 e. The van der Waals surface area contributed by atoms with E-state index in [9.17, 15) is 4.79 Å². The molecule has 0 spiro atoms. The van der Waals surface area contributed by atoms with E-state index in [4.69, 9.17) is 0 Å². The van der Waals surface area contributed by atoms with E-state index >= 15 is 0 Å². The van der Waals surface area contributed by atoms with Gasteiger partial charge in [-0.3, -0.25) is 4.79 Å². The summed E-state index contributed by atoms with van der Waals surface area (Å²) in [6.07, 6.45) is 0.912. The molecular weight excluding hydrogens is 109 g/mol. The Kier molecular flexibility index (Phi) is 3.31. The van der Waals surface area contributed by atoms with E-state index in [1.54, 1.807) is 11.9 Å². The zero-order valence-electron chi connectivity index (χ0n) is 6.22. The van der Waals surface area contributed by atoms with Crippen LogP contribution in [0.1, 0.15) is 13.3 Å². The molecule has 1 fully saturated rings. The maximum absolute atomic E-state index is 10.8. The van der Waals surface area contributed by atoms with E-state index in [1.807, 2.05) is 13.5 Å². The molecule has 0 N–H and O–H groups in total. The molecule has 0 aromatic rings. The second-order valence-corrected chi connectivity index (χ2v) is 2.27. The number of rotatable bonds is 0. The van der Waals surface area contributed by atoms with Crippen LogP contribution < -0.4 is 18.9 Å². The van der Waals surface area contributed by atoms with Crippen LogP contribution in [-0.2, 0) is 4.79 Å². The molecule has 1 aliphatic heterocycles. The van der Waals surface area contributed by atoms with Gasteiger partial charge in [-0.25, -0.2) is 6.54 Å². The van der Waals surface area contributed by atoms with Gasteiger partial charge < -0.3 is 4.90 Å². The molecule has 1 atom stereocenters. The second-order valence-electron chi connectivity index (χ2n) is 2.27. The van der Waals surface area contributed by atoms with Crippen molar-refractivity contribution in [1.29, 1.82) is 0 Å². The molecule has 0 bridgehead atoms. The van der Waals surface area contributed by atoms with Crippen LogP contribution in [0.25, 0.3) is 0 Å². The van der Waals surface area contributed by atoms with Crippen molar-refractivity contribution in [2.24, 2.45) is 5.92 Å². The summed E-state index contributed by atoms with van der Waals surface area (Å²) in [5, 5.41) is 0. The maximum atomic E-state index is 10.8. The number of carbonyl (C=O) groups excluding carboxylic acids is 1. The fourth-order valence-electron chi connectivity index (χ4n) is 0.855. The summed E-state index contributed by atoms with van der Waals surface area (Å²) >= 11 is 0. The van der Waals surface area contributed by atoms with Gasteiger partial charge in [0.15, 0.2) is 5.91 Å². The number of amides is 1. The number of nitrogens with zero attached hydrogens (tertiary/aromatic N) is 1. The van der Waals surface area contributed by atoms with E-state index in [2.05, 4.69) is 0 Å². The van der Waals surface area contributed by atoms with Crippen molar-refractivity contribution in [2.75, 3.05) is 7.05 Å². The predicted octanol–water partition coefficient (Wildman–Crippen LogP) is -2.35. The molecule has 0 radical (unpaired) electrons. The first kappa shape index (κ1) is 9.07. The normalized spacial score (nSPS) is 26.2. The van der Waals surface area contributed by atoms with Crippen LogP contribution in [0.2, 0.25) is 0 Å². The Hall–Kier alpha value is 0.0674. The Morgan fingerprint density at radius 1 is 1.78 bits per heavy atom. The van der Waals surface area contributed by atoms with Crippen LogP contribution in [-0.4, -0.2) is 17.9 Å². The molecule has 1 aliphatic rings. The Labute approximate surface area is 67.8 Å². The SMILES string of the molecule is CC1C[CH-]N(C)C1=O.[Li+]. The zero-order valence-corrected chi connectivity index (χ0v) is 6.22. The number of likely N-dealkylation sites (tertiary alicyclic amines) is 1. The van der Waals surface area contributed by atoms with Crippen LogP contribution >= 0.6 is 0 Å². The van der Waals surface area contributed by atoms with Crippen molar-refractivity contribution in [3.63, 3.8) is 0 Å². The smallest absolute Gasteiger partial charge is 0.495 e. The summed E-state index contributed by atoms with van der Waals surface area (Å²) in [6.45, 7) is 3.87. The van der Waals surface area contributed by atoms with Gasteiger partial charge in [-0.1, -0.05) is 6.92 Å². The summed E-state index contributed by atoms with van der Waals surface area (Å²) in [4.78, 5) is 12.5. The van der Waals surface area contributed by atoms with Crippen molar-refractivity contribution in [3.8, 4) is 0 Å². The van der Waals surface area contributed by atoms with E-state index in [-0.39, 0.29) is 30.7 Å². The van der Waals surface area contributed by atoms with Crippen molar-refractivity contribution >= 4 is 5.91 Å². The molecule has 0 aromatic carbocycles. The fraction of sp³-hybridized carbons (Fsp3) is 0.667. The van der Waals surface area contributed by atoms with Crippen LogP contribution in [0.15, 0.2) is 0 Å². The van der Waals surface area contributed by atoms with Crippen LogP contribution in [0.3, 0.4) is 0 Å². The average molecular weight is 119 g/mol. The van der Waals surface area contributed by atoms with E-state index < -0.39 is 0 Å². The van der Waals surface area contributed by atoms with Gasteiger partial charge in [-0.15, -0.1) is 0 Å². The third kappa shape index (κ3) is 1.74. The molecule has 46 valence electrons. The van der Waals surface area contributed by atoms with Crippen LogP contribution in [0.4, 0.5) is 0 Å². The third-order valence-corrected chi connectivity index (χ3v) is 1.50. The Balaban J connectivity index is 0.000000640. The monoisotopic (exact) mass is 119 g/mol. The second kappa shape index (κ2) is 3.29. The largest absolute Gasteiger partial charge is 1.00 e. The Morgan fingerprint density at radius 3 is 2.44 bits per heavy atom. The molecule has 9 heavy (non-hydrogen) atoms. The Morgan fingerprint density at radius 2 is 2.33 bits per heavy atom. The molecular formula is C6H10LiNO. The van der Waals surface area contributed by atoms with Gasteiger partial charge in [0.1, 0.15) is 0 Å². The van der Waals surface area contributed by atoms with Gasteiger partial charge in [-0.2, -0.15) is 6.42 Å². The van der Waals surface area contributed by atoms with Gasteiger partial charge in [0.05, 0.1) is 0 Å². The molecule has 2 nitrogen and oxygen atoms in total. The molecule has 1 amide bonds. The third-order valence-electron chi connectivity index (χ3n) is 1.50. The molecule has 3 heteroatoms. The van der Waals surface area contributed by atoms with Crippen molar-refractivity contribution < 1.29 is 23.7 Å². The molecule has 1 saturated heterocycles. The molecule has 1 heterocycles. The summed E-state index contributed by atoms with van der Waals surface area (Å²) in [7, 11) is 1.80. The van der Waals surface area contributed by atoms with Crippen molar-refractivity contribution in [1.82, 2.24) is 4.90 Å². The van der Waals surface area contributed by atoms with E-state index in [0.717, 1.165) is 6.42 Å². The van der Waals surface area contributed by atoms with Crippen molar-refractivity contribution in [3.05, 3.63) is 6.54 Å². The Bertz CT molecular complexity index is 104. The molecule has 1 rings (SSSR count). The van der Waals surface area contributed by atoms with Gasteiger partial charge >= 0.3 is 18.9 Å². The summed E-state index contributed by atoms with van der Waals surface area (Å²) < 4.78 is 0. The van der Waals surface area contributed by atoms with E-state index in [1.165, 1.54) is 0 Å². The molecule has 0 saturated carbocycles. The summed E-state index contributed by atoms with van der Waals surface area (Å²) in [5.74, 6) is 0.463. The first-order valence-corrected chi connectivity index (χ1v) is 2.82. The topological polar surface area (TPSA) is 20.3 Å². The predicted molar refractivity (Wildman–Crippen MR) is 30.9 cm³/mol. The van der Waals surface area contributed by atoms with Gasteiger partial charge in [0, 0.05) is 5.92 Å². The van der Waals surface area contributed by atoms with Crippen LogP contribution in [0, 0.1) is 12.5 Å². The summed E-state index contributed by atoms with van der Waals surface area (Å²) in [6, 6.07) is 0. The molecule has 0 aliphatic carbocycles. The number of hydrogen-bond donors (Lipinski definition) is 0. The fourth-order valence-corrected chi connectivity index (χ4v) is 0.855. The molecule has 1 unspecified atom stereocenters. The minimum atomic E-state index is 0. The van der Waals surface area contributed by atoms with Gasteiger partial charge in [-0.05, 0) is 7.05 Å². The number of hydrogen-bond acceptors (Lipinski definition) is 1. The number of carbonyl (C=O) groups is 1. The summed E-state index contributed by atoms with van der Waals surface area (Å²) in [5.41, 5.74) is 0. The van der Waals surface area contributed by atoms with Gasteiger partial charge in [0.25, 0.3) is 0 Å². The standard InChI is InChI=1S/C6H10NO.Li/c1-5-3-4-7(2)6(5)8;/h4-5H,3H2,1-2H3;/q-1;+1.